The second-order valence-corrected chi connectivity index (χ2v) is 6.47. The third-order valence-electron chi connectivity index (χ3n) is 4.38. The van der Waals surface area contributed by atoms with Crippen molar-refractivity contribution in [2.24, 2.45) is 0 Å². The van der Waals surface area contributed by atoms with Gasteiger partial charge in [-0.15, -0.1) is 0 Å². The number of nitrogens with zero attached hydrogens (tertiary/aromatic N) is 2. The molecule has 139 valence electrons. The van der Waals surface area contributed by atoms with E-state index in [1.54, 1.807) is 31.3 Å². The Morgan fingerprint density at radius 2 is 1.54 bits per heavy atom. The number of hydrogen-bond donors (Lipinski definition) is 0. The SMILES string of the molecule is Cc1cccc(COc2cccc(OCc3cnc4ccccc4n3)c2)c1[O]. The molecule has 0 atom stereocenters. The van der Waals surface area contributed by atoms with E-state index in [9.17, 15) is 5.11 Å². The van der Waals surface area contributed by atoms with E-state index in [4.69, 9.17) is 9.47 Å². The standard InChI is InChI=1S/C23H19N2O3/c1-16-6-4-7-17(23(16)26)14-27-19-8-5-9-20(12-19)28-15-18-13-24-21-10-2-3-11-22(21)25-18/h2-13H,14-15H2,1H3. The van der Waals surface area contributed by atoms with Gasteiger partial charge in [-0.3, -0.25) is 10.1 Å². The molecule has 5 nitrogen and oxygen atoms in total. The fraction of sp³-hybridized carbons (Fsp3) is 0.130. The molecule has 0 saturated carbocycles. The van der Waals surface area contributed by atoms with E-state index in [1.165, 1.54) is 0 Å². The summed E-state index contributed by atoms with van der Waals surface area (Å²) in [6.07, 6.45) is 1.72. The molecule has 0 N–H and O–H groups in total. The van der Waals surface area contributed by atoms with E-state index in [1.807, 2.05) is 48.5 Å². The predicted octanol–water partition coefficient (Wildman–Crippen LogP) is 5.24. The van der Waals surface area contributed by atoms with Gasteiger partial charge in [0.2, 0.25) is 0 Å². The monoisotopic (exact) mass is 371 g/mol. The Labute approximate surface area is 163 Å². The van der Waals surface area contributed by atoms with E-state index in [-0.39, 0.29) is 12.4 Å². The van der Waals surface area contributed by atoms with Gasteiger partial charge in [0.15, 0.2) is 5.75 Å². The van der Waals surface area contributed by atoms with Crippen LogP contribution in [-0.2, 0) is 18.3 Å². The Morgan fingerprint density at radius 3 is 2.36 bits per heavy atom. The van der Waals surface area contributed by atoms with Crippen molar-refractivity contribution in [2.75, 3.05) is 0 Å². The first-order valence-corrected chi connectivity index (χ1v) is 9.01. The van der Waals surface area contributed by atoms with Crippen LogP contribution < -0.4 is 9.47 Å². The highest BCUT2D eigenvalue weighted by atomic mass is 16.5. The Kier molecular flexibility index (Phi) is 5.06. The summed E-state index contributed by atoms with van der Waals surface area (Å²) in [5.74, 6) is 1.33. The largest absolute Gasteiger partial charge is 0.489 e. The van der Waals surface area contributed by atoms with Gasteiger partial charge in [-0.05, 0) is 36.8 Å². The first-order valence-electron chi connectivity index (χ1n) is 9.01. The summed E-state index contributed by atoms with van der Waals surface area (Å²) in [5.41, 5.74) is 3.80. The number of ether oxygens (including phenoxy) is 2. The number of rotatable bonds is 6. The molecule has 0 amide bonds. The van der Waals surface area contributed by atoms with Gasteiger partial charge < -0.3 is 9.47 Å². The molecule has 0 saturated heterocycles. The fourth-order valence-electron chi connectivity index (χ4n) is 2.86. The third kappa shape index (κ3) is 4.04. The van der Waals surface area contributed by atoms with Crippen LogP contribution in [0.3, 0.4) is 0 Å². The molecule has 4 aromatic rings. The second-order valence-electron chi connectivity index (χ2n) is 6.47. The minimum atomic E-state index is 0.0183. The van der Waals surface area contributed by atoms with Crippen LogP contribution in [0.25, 0.3) is 11.0 Å². The van der Waals surface area contributed by atoms with Gasteiger partial charge in [0.1, 0.15) is 24.7 Å². The Morgan fingerprint density at radius 1 is 0.821 bits per heavy atom. The maximum absolute atomic E-state index is 12.1. The fourth-order valence-corrected chi connectivity index (χ4v) is 2.86. The first-order chi connectivity index (χ1) is 13.7. The summed E-state index contributed by atoms with van der Waals surface area (Å²) in [4.78, 5) is 8.95. The van der Waals surface area contributed by atoms with Crippen molar-refractivity contribution in [3.63, 3.8) is 0 Å². The van der Waals surface area contributed by atoms with Crippen LogP contribution in [0.5, 0.6) is 17.2 Å². The van der Waals surface area contributed by atoms with Crippen LogP contribution in [0.1, 0.15) is 16.8 Å². The summed E-state index contributed by atoms with van der Waals surface area (Å²) in [5, 5.41) is 12.1. The van der Waals surface area contributed by atoms with Gasteiger partial charge in [-0.1, -0.05) is 36.4 Å². The van der Waals surface area contributed by atoms with Crippen molar-refractivity contribution >= 4 is 11.0 Å². The molecule has 0 bridgehead atoms. The molecule has 3 aromatic carbocycles. The molecule has 0 aliphatic rings. The van der Waals surface area contributed by atoms with E-state index < -0.39 is 0 Å². The van der Waals surface area contributed by atoms with Crippen molar-refractivity contribution in [3.8, 4) is 17.2 Å². The zero-order chi connectivity index (χ0) is 19.3. The molecule has 0 aliphatic carbocycles. The average Bonchev–Trinajstić information content (AvgIpc) is 2.73. The Balaban J connectivity index is 1.41. The molecular weight excluding hydrogens is 352 g/mol. The minimum absolute atomic E-state index is 0.0183. The van der Waals surface area contributed by atoms with Gasteiger partial charge in [0.05, 0.1) is 22.9 Å². The summed E-state index contributed by atoms with van der Waals surface area (Å²) < 4.78 is 11.6. The summed E-state index contributed by atoms with van der Waals surface area (Å²) in [6.45, 7) is 2.33. The Bertz CT molecular complexity index is 1110. The summed E-state index contributed by atoms with van der Waals surface area (Å²) in [7, 11) is 0. The molecule has 5 heteroatoms. The molecule has 1 radical (unpaired) electrons. The van der Waals surface area contributed by atoms with Crippen molar-refractivity contribution in [1.29, 1.82) is 0 Å². The quantitative estimate of drug-likeness (QED) is 0.465. The number of aromatic nitrogens is 2. The van der Waals surface area contributed by atoms with E-state index in [2.05, 4.69) is 9.97 Å². The van der Waals surface area contributed by atoms with Crippen LogP contribution in [0.2, 0.25) is 0 Å². The highest BCUT2D eigenvalue weighted by molar-refractivity contribution is 5.73. The summed E-state index contributed by atoms with van der Waals surface area (Å²) in [6, 6.07) is 20.5. The van der Waals surface area contributed by atoms with Gasteiger partial charge in [0, 0.05) is 11.6 Å². The van der Waals surface area contributed by atoms with Gasteiger partial charge >= 0.3 is 0 Å². The molecule has 1 heterocycles. The molecule has 28 heavy (non-hydrogen) atoms. The van der Waals surface area contributed by atoms with Crippen LogP contribution in [0.15, 0.2) is 72.9 Å². The van der Waals surface area contributed by atoms with Crippen LogP contribution in [0.4, 0.5) is 0 Å². The Hall–Kier alpha value is -3.60. The lowest BCUT2D eigenvalue weighted by Crippen LogP contribution is -2.00. The zero-order valence-corrected chi connectivity index (χ0v) is 15.5. The lowest BCUT2D eigenvalue weighted by molar-refractivity contribution is 0.277. The van der Waals surface area contributed by atoms with Crippen molar-refractivity contribution < 1.29 is 14.6 Å². The van der Waals surface area contributed by atoms with E-state index in [0.29, 0.717) is 23.7 Å². The predicted molar refractivity (Wildman–Crippen MR) is 106 cm³/mol. The van der Waals surface area contributed by atoms with E-state index in [0.717, 1.165) is 22.3 Å². The average molecular weight is 371 g/mol. The minimum Gasteiger partial charge on any atom is -0.489 e. The molecule has 0 unspecified atom stereocenters. The van der Waals surface area contributed by atoms with Crippen LogP contribution in [-0.4, -0.2) is 9.97 Å². The molecular formula is C23H19N2O3. The zero-order valence-electron chi connectivity index (χ0n) is 15.5. The molecule has 4 rings (SSSR count). The van der Waals surface area contributed by atoms with Gasteiger partial charge in [0.25, 0.3) is 0 Å². The molecule has 1 aromatic heterocycles. The number of benzene rings is 3. The molecule has 0 spiro atoms. The lowest BCUT2D eigenvalue weighted by Gasteiger charge is -2.10. The normalized spacial score (nSPS) is 10.8. The highest BCUT2D eigenvalue weighted by Crippen LogP contribution is 2.25. The van der Waals surface area contributed by atoms with Gasteiger partial charge in [-0.2, -0.15) is 0 Å². The van der Waals surface area contributed by atoms with Crippen molar-refractivity contribution in [2.45, 2.75) is 20.1 Å². The summed E-state index contributed by atoms with van der Waals surface area (Å²) >= 11 is 0. The maximum Gasteiger partial charge on any atom is 0.188 e. The number of aryl methyl sites for hydroxylation is 1. The van der Waals surface area contributed by atoms with Gasteiger partial charge in [-0.25, -0.2) is 4.98 Å². The molecule has 0 aliphatic heterocycles. The smallest absolute Gasteiger partial charge is 0.188 e. The number of fused-ring (bicyclic) bond motifs is 1. The number of hydrogen-bond acceptors (Lipinski definition) is 4. The number of para-hydroxylation sites is 3. The van der Waals surface area contributed by atoms with Crippen molar-refractivity contribution in [3.05, 3.63) is 89.7 Å². The molecule has 0 fully saturated rings. The maximum atomic E-state index is 12.1. The topological polar surface area (TPSA) is 64.1 Å². The van der Waals surface area contributed by atoms with Crippen LogP contribution >= 0.6 is 0 Å². The van der Waals surface area contributed by atoms with E-state index >= 15 is 0 Å². The van der Waals surface area contributed by atoms with Crippen molar-refractivity contribution in [1.82, 2.24) is 9.97 Å². The second kappa shape index (κ2) is 7.96. The third-order valence-corrected chi connectivity index (χ3v) is 4.38. The highest BCUT2D eigenvalue weighted by Gasteiger charge is 2.07. The van der Waals surface area contributed by atoms with Crippen LogP contribution in [0, 0.1) is 6.92 Å². The first kappa shape index (κ1) is 17.8. The lowest BCUT2D eigenvalue weighted by atomic mass is 10.1.